The number of nitrogens with zero attached hydrogens (tertiary/aromatic N) is 3. The molecule has 2 fully saturated rings. The molecule has 1 aromatic heterocycles. The van der Waals surface area contributed by atoms with Crippen molar-refractivity contribution in [2.24, 2.45) is 11.8 Å². The van der Waals surface area contributed by atoms with Crippen molar-refractivity contribution in [3.8, 4) is 0 Å². The number of fused-ring (bicyclic) bond motifs is 1. The molecule has 0 unspecified atom stereocenters. The fourth-order valence-electron chi connectivity index (χ4n) is 4.30. The van der Waals surface area contributed by atoms with Crippen LogP contribution in [-0.2, 0) is 20.9 Å². The number of hydrogen-bond acceptors (Lipinski definition) is 4. The highest BCUT2D eigenvalue weighted by Crippen LogP contribution is 2.37. The Bertz CT molecular complexity index is 894. The van der Waals surface area contributed by atoms with Gasteiger partial charge in [0.15, 0.2) is 0 Å². The van der Waals surface area contributed by atoms with E-state index in [9.17, 15) is 14.4 Å². The van der Waals surface area contributed by atoms with Crippen molar-refractivity contribution in [3.63, 3.8) is 0 Å². The zero-order chi connectivity index (χ0) is 20.4. The quantitative estimate of drug-likeness (QED) is 0.764. The van der Waals surface area contributed by atoms with Crippen molar-refractivity contribution in [2.75, 3.05) is 11.9 Å². The predicted molar refractivity (Wildman–Crippen MR) is 108 cm³/mol. The number of amides is 3. The third-order valence-corrected chi connectivity index (χ3v) is 5.93. The summed E-state index contributed by atoms with van der Waals surface area (Å²) in [7, 11) is 0. The monoisotopic (exact) mass is 394 g/mol. The second-order valence-electron chi connectivity index (χ2n) is 7.98. The molecular formula is C22H26N4O3. The number of imide groups is 1. The van der Waals surface area contributed by atoms with Gasteiger partial charge in [-0.2, -0.15) is 5.10 Å². The van der Waals surface area contributed by atoms with Crippen LogP contribution in [-0.4, -0.2) is 38.9 Å². The molecule has 1 saturated heterocycles. The molecule has 1 aliphatic carbocycles. The lowest BCUT2D eigenvalue weighted by Gasteiger charge is -2.19. The van der Waals surface area contributed by atoms with Gasteiger partial charge in [-0.3, -0.25) is 19.3 Å². The van der Waals surface area contributed by atoms with Gasteiger partial charge in [0.25, 0.3) is 0 Å². The second-order valence-corrected chi connectivity index (χ2v) is 7.98. The maximum atomic E-state index is 12.5. The van der Waals surface area contributed by atoms with Crippen LogP contribution in [0.15, 0.2) is 36.5 Å². The van der Waals surface area contributed by atoms with Gasteiger partial charge >= 0.3 is 0 Å². The van der Waals surface area contributed by atoms with Gasteiger partial charge in [0.2, 0.25) is 17.7 Å². The average molecular weight is 394 g/mol. The Balaban J connectivity index is 1.34. The number of anilines is 1. The second kappa shape index (κ2) is 8.19. The summed E-state index contributed by atoms with van der Waals surface area (Å²) in [5, 5.41) is 7.13. The molecule has 0 spiro atoms. The van der Waals surface area contributed by atoms with E-state index in [0.717, 1.165) is 31.2 Å². The molecule has 152 valence electrons. The summed E-state index contributed by atoms with van der Waals surface area (Å²) in [5.74, 6) is -0.172. The van der Waals surface area contributed by atoms with Gasteiger partial charge in [-0.05, 0) is 25.3 Å². The first-order valence-corrected chi connectivity index (χ1v) is 10.3. The van der Waals surface area contributed by atoms with Gasteiger partial charge in [0.1, 0.15) is 5.82 Å². The van der Waals surface area contributed by atoms with E-state index < -0.39 is 0 Å². The van der Waals surface area contributed by atoms with Crippen LogP contribution in [0.25, 0.3) is 0 Å². The van der Waals surface area contributed by atoms with E-state index in [4.69, 9.17) is 0 Å². The standard InChI is InChI=1S/C22H26N4O3/c1-15-6-8-16(9-7-15)14-26-19(10-12-23-26)24-20(27)11-13-25-21(28)17-4-2-3-5-18(17)22(25)29/h6-10,12,17-18H,2-5,11,13-14H2,1H3,(H,24,27)/t17-,18-/m1/s1. The third kappa shape index (κ3) is 4.09. The number of hydrogen-bond donors (Lipinski definition) is 1. The fraction of sp³-hybridized carbons (Fsp3) is 0.455. The maximum absolute atomic E-state index is 12.5. The van der Waals surface area contributed by atoms with Gasteiger partial charge in [0.05, 0.1) is 24.6 Å². The number of carbonyl (C=O) groups is 3. The molecule has 2 aliphatic rings. The topological polar surface area (TPSA) is 84.3 Å². The largest absolute Gasteiger partial charge is 0.311 e. The normalized spacial score (nSPS) is 21.3. The lowest BCUT2D eigenvalue weighted by molar-refractivity contribution is -0.140. The van der Waals surface area contributed by atoms with Crippen molar-refractivity contribution < 1.29 is 14.4 Å². The number of nitrogens with one attached hydrogen (secondary N) is 1. The first-order chi connectivity index (χ1) is 14.0. The molecule has 1 saturated carbocycles. The van der Waals surface area contributed by atoms with Crippen LogP contribution < -0.4 is 5.32 Å². The van der Waals surface area contributed by atoms with E-state index in [2.05, 4.69) is 10.4 Å². The number of aromatic nitrogens is 2. The molecule has 2 aromatic rings. The van der Waals surface area contributed by atoms with Crippen molar-refractivity contribution in [3.05, 3.63) is 47.7 Å². The van der Waals surface area contributed by atoms with Crippen molar-refractivity contribution in [2.45, 2.75) is 45.6 Å². The van der Waals surface area contributed by atoms with Crippen LogP contribution in [0.5, 0.6) is 0 Å². The van der Waals surface area contributed by atoms with Gasteiger partial charge in [0, 0.05) is 19.0 Å². The Morgan fingerprint density at radius 2 is 1.72 bits per heavy atom. The van der Waals surface area contributed by atoms with E-state index in [0.29, 0.717) is 12.4 Å². The molecule has 3 amide bonds. The Labute approximate surface area is 170 Å². The number of carbonyl (C=O) groups excluding carboxylic acids is 3. The zero-order valence-corrected chi connectivity index (χ0v) is 16.6. The average Bonchev–Trinajstić information content (AvgIpc) is 3.25. The summed E-state index contributed by atoms with van der Waals surface area (Å²) in [6.07, 6.45) is 5.31. The predicted octanol–water partition coefficient (Wildman–Crippen LogP) is 2.74. The molecule has 7 heteroatoms. The van der Waals surface area contributed by atoms with Crippen LogP contribution in [0.4, 0.5) is 5.82 Å². The summed E-state index contributed by atoms with van der Waals surface area (Å²) < 4.78 is 1.73. The van der Waals surface area contributed by atoms with Crippen LogP contribution in [0.3, 0.4) is 0 Å². The SMILES string of the molecule is Cc1ccc(Cn2nccc2NC(=O)CCN2C(=O)[C@@H]3CCCC[C@H]3C2=O)cc1. The fourth-order valence-corrected chi connectivity index (χ4v) is 4.30. The molecular weight excluding hydrogens is 368 g/mol. The van der Waals surface area contributed by atoms with Crippen LogP contribution in [0, 0.1) is 18.8 Å². The first-order valence-electron chi connectivity index (χ1n) is 10.3. The molecule has 7 nitrogen and oxygen atoms in total. The molecule has 2 heterocycles. The summed E-state index contributed by atoms with van der Waals surface area (Å²) >= 11 is 0. The lowest BCUT2D eigenvalue weighted by Crippen LogP contribution is -2.34. The minimum absolute atomic E-state index is 0.0899. The summed E-state index contributed by atoms with van der Waals surface area (Å²) in [4.78, 5) is 38.8. The number of likely N-dealkylation sites (tertiary alicyclic amines) is 1. The van der Waals surface area contributed by atoms with E-state index >= 15 is 0 Å². The molecule has 29 heavy (non-hydrogen) atoms. The Kier molecular flexibility index (Phi) is 5.47. The minimum Gasteiger partial charge on any atom is -0.311 e. The summed E-state index contributed by atoms with van der Waals surface area (Å²) in [6, 6.07) is 9.89. The highest BCUT2D eigenvalue weighted by molar-refractivity contribution is 6.05. The molecule has 1 N–H and O–H groups in total. The summed E-state index contributed by atoms with van der Waals surface area (Å²) in [6.45, 7) is 2.73. The van der Waals surface area contributed by atoms with Gasteiger partial charge in [-0.1, -0.05) is 42.7 Å². The molecule has 4 rings (SSSR count). The number of aryl methyl sites for hydroxylation is 1. The summed E-state index contributed by atoms with van der Waals surface area (Å²) in [5.41, 5.74) is 2.28. The Hall–Kier alpha value is -2.96. The smallest absolute Gasteiger partial charge is 0.233 e. The van der Waals surface area contributed by atoms with Gasteiger partial charge < -0.3 is 5.32 Å². The third-order valence-electron chi connectivity index (χ3n) is 5.93. The highest BCUT2D eigenvalue weighted by Gasteiger charge is 2.47. The van der Waals surface area contributed by atoms with Gasteiger partial charge in [-0.25, -0.2) is 4.68 Å². The van der Waals surface area contributed by atoms with Crippen molar-refractivity contribution in [1.29, 1.82) is 0 Å². The number of benzene rings is 1. The zero-order valence-electron chi connectivity index (χ0n) is 16.6. The van der Waals surface area contributed by atoms with E-state index in [1.54, 1.807) is 16.9 Å². The van der Waals surface area contributed by atoms with Crippen molar-refractivity contribution in [1.82, 2.24) is 14.7 Å². The first kappa shape index (κ1) is 19.4. The van der Waals surface area contributed by atoms with Crippen LogP contribution >= 0.6 is 0 Å². The Morgan fingerprint density at radius 3 is 2.38 bits per heavy atom. The molecule has 1 aliphatic heterocycles. The van der Waals surface area contributed by atoms with Gasteiger partial charge in [-0.15, -0.1) is 0 Å². The maximum Gasteiger partial charge on any atom is 0.233 e. The molecule has 1 aromatic carbocycles. The van der Waals surface area contributed by atoms with E-state index in [1.165, 1.54) is 10.5 Å². The molecule has 0 bridgehead atoms. The molecule has 2 atom stereocenters. The Morgan fingerprint density at radius 1 is 1.07 bits per heavy atom. The van der Waals surface area contributed by atoms with E-state index in [1.807, 2.05) is 31.2 Å². The van der Waals surface area contributed by atoms with Crippen LogP contribution in [0.1, 0.15) is 43.2 Å². The van der Waals surface area contributed by atoms with E-state index in [-0.39, 0.29) is 42.5 Å². The highest BCUT2D eigenvalue weighted by atomic mass is 16.2. The van der Waals surface area contributed by atoms with Crippen molar-refractivity contribution >= 4 is 23.5 Å². The minimum atomic E-state index is -0.230. The van der Waals surface area contributed by atoms with Crippen LogP contribution in [0.2, 0.25) is 0 Å². The lowest BCUT2D eigenvalue weighted by atomic mass is 9.81. The molecule has 0 radical (unpaired) electrons. The number of rotatable bonds is 6.